The number of halogens is 1. The van der Waals surface area contributed by atoms with Crippen molar-refractivity contribution in [3.05, 3.63) is 64.1 Å². The van der Waals surface area contributed by atoms with Gasteiger partial charge in [-0.1, -0.05) is 45.5 Å². The normalized spacial score (nSPS) is 14.0. The van der Waals surface area contributed by atoms with Crippen LogP contribution in [0.3, 0.4) is 0 Å². The number of anilines is 3. The van der Waals surface area contributed by atoms with Crippen LogP contribution in [0.1, 0.15) is 11.1 Å². The summed E-state index contributed by atoms with van der Waals surface area (Å²) in [6.45, 7) is 4.35. The van der Waals surface area contributed by atoms with Gasteiger partial charge in [-0.2, -0.15) is 0 Å². The largest absolute Gasteiger partial charge is 0.306 e. The van der Waals surface area contributed by atoms with E-state index >= 15 is 0 Å². The summed E-state index contributed by atoms with van der Waals surface area (Å²) in [4.78, 5) is 7.76. The van der Waals surface area contributed by atoms with Gasteiger partial charge in [-0.15, -0.1) is 0 Å². The van der Waals surface area contributed by atoms with Crippen LogP contribution in [0, 0.1) is 13.8 Å². The van der Waals surface area contributed by atoms with Crippen molar-refractivity contribution in [2.75, 3.05) is 4.90 Å². The second-order valence-corrected chi connectivity index (χ2v) is 9.32. The third kappa shape index (κ3) is 2.17. The highest BCUT2D eigenvalue weighted by Crippen LogP contribution is 2.60. The van der Waals surface area contributed by atoms with E-state index in [1.807, 2.05) is 23.5 Å². The van der Waals surface area contributed by atoms with Gasteiger partial charge in [0.2, 0.25) is 0 Å². The Labute approximate surface area is 158 Å². The topological polar surface area (TPSA) is 3.24 Å². The summed E-state index contributed by atoms with van der Waals surface area (Å²) < 4.78 is 1.13. The zero-order valence-electron chi connectivity index (χ0n) is 13.3. The van der Waals surface area contributed by atoms with Crippen molar-refractivity contribution in [3.8, 4) is 0 Å². The van der Waals surface area contributed by atoms with Gasteiger partial charge in [0.25, 0.3) is 0 Å². The first kappa shape index (κ1) is 14.9. The maximum atomic E-state index is 3.62. The Kier molecular flexibility index (Phi) is 3.31. The van der Waals surface area contributed by atoms with Crippen molar-refractivity contribution in [3.63, 3.8) is 0 Å². The highest BCUT2D eigenvalue weighted by molar-refractivity contribution is 9.10. The number of benzene rings is 3. The molecule has 0 radical (unpaired) electrons. The standard InChI is InChI=1S/C20H14BrNS2/c1-11-3-5-14-16(7-11)23-18-8-12(2)9-19-20(18)22(14)15-6-4-13(21)10-17(15)24-19/h3-10H,1-2H3. The van der Waals surface area contributed by atoms with Gasteiger partial charge in [0.05, 0.1) is 17.1 Å². The number of hydrogen-bond acceptors (Lipinski definition) is 3. The van der Waals surface area contributed by atoms with Gasteiger partial charge in [-0.05, 0) is 67.4 Å². The van der Waals surface area contributed by atoms with E-state index in [1.54, 1.807) is 0 Å². The van der Waals surface area contributed by atoms with Crippen molar-refractivity contribution in [2.24, 2.45) is 0 Å². The zero-order chi connectivity index (χ0) is 16.4. The lowest BCUT2D eigenvalue weighted by atomic mass is 10.1. The Balaban J connectivity index is 1.85. The molecule has 0 atom stereocenters. The fraction of sp³-hybridized carbons (Fsp3) is 0.100. The van der Waals surface area contributed by atoms with Gasteiger partial charge >= 0.3 is 0 Å². The third-order valence-electron chi connectivity index (χ3n) is 4.37. The fourth-order valence-corrected chi connectivity index (χ4v) is 6.43. The molecule has 3 aromatic carbocycles. The summed E-state index contributed by atoms with van der Waals surface area (Å²) in [6, 6.07) is 18.0. The monoisotopic (exact) mass is 411 g/mol. The van der Waals surface area contributed by atoms with Gasteiger partial charge in [-0.25, -0.2) is 0 Å². The molecule has 0 aromatic heterocycles. The van der Waals surface area contributed by atoms with Crippen molar-refractivity contribution in [1.82, 2.24) is 0 Å². The molecule has 0 amide bonds. The summed E-state index contributed by atoms with van der Waals surface area (Å²) in [7, 11) is 0. The molecular formula is C20H14BrNS2. The molecule has 4 heteroatoms. The SMILES string of the molecule is Cc1ccc2c(c1)Sc1cc(C)cc3c1N2c1ccc(Br)cc1S3. The maximum absolute atomic E-state index is 3.62. The van der Waals surface area contributed by atoms with E-state index in [-0.39, 0.29) is 0 Å². The lowest BCUT2D eigenvalue weighted by Gasteiger charge is -2.38. The van der Waals surface area contributed by atoms with Crippen molar-refractivity contribution in [1.29, 1.82) is 0 Å². The summed E-state index contributed by atoms with van der Waals surface area (Å²) >= 11 is 7.38. The van der Waals surface area contributed by atoms with Crippen LogP contribution in [-0.4, -0.2) is 0 Å². The summed E-state index contributed by atoms with van der Waals surface area (Å²) in [5, 5.41) is 0. The van der Waals surface area contributed by atoms with Crippen LogP contribution in [0.4, 0.5) is 17.1 Å². The summed E-state index contributed by atoms with van der Waals surface area (Å²) in [6.07, 6.45) is 0. The van der Waals surface area contributed by atoms with Crippen LogP contribution in [0.2, 0.25) is 0 Å². The first-order chi connectivity index (χ1) is 11.6. The van der Waals surface area contributed by atoms with E-state index in [9.17, 15) is 0 Å². The summed E-state index contributed by atoms with van der Waals surface area (Å²) in [5.41, 5.74) is 6.51. The summed E-state index contributed by atoms with van der Waals surface area (Å²) in [5.74, 6) is 0. The lowest BCUT2D eigenvalue weighted by Crippen LogP contribution is -2.19. The van der Waals surface area contributed by atoms with Crippen molar-refractivity contribution < 1.29 is 0 Å². The lowest BCUT2D eigenvalue weighted by molar-refractivity contribution is 1.07. The first-order valence-corrected chi connectivity index (χ1v) is 10.2. The smallest absolute Gasteiger partial charge is 0.0741 e. The van der Waals surface area contributed by atoms with Crippen LogP contribution < -0.4 is 4.90 Å². The second kappa shape index (κ2) is 5.32. The molecule has 2 aliphatic rings. The molecule has 5 rings (SSSR count). The third-order valence-corrected chi connectivity index (χ3v) is 7.02. The van der Waals surface area contributed by atoms with Crippen LogP contribution in [0.25, 0.3) is 0 Å². The minimum atomic E-state index is 1.13. The van der Waals surface area contributed by atoms with E-state index in [1.165, 1.54) is 47.8 Å². The molecular weight excluding hydrogens is 398 g/mol. The number of aryl methyl sites for hydroxylation is 2. The molecule has 2 heterocycles. The first-order valence-electron chi connectivity index (χ1n) is 7.81. The van der Waals surface area contributed by atoms with E-state index in [4.69, 9.17) is 0 Å². The van der Waals surface area contributed by atoms with Crippen LogP contribution in [0.5, 0.6) is 0 Å². The zero-order valence-corrected chi connectivity index (χ0v) is 16.5. The van der Waals surface area contributed by atoms with Gasteiger partial charge < -0.3 is 4.90 Å². The molecule has 0 saturated carbocycles. The van der Waals surface area contributed by atoms with E-state index < -0.39 is 0 Å². The average Bonchev–Trinajstić information content (AvgIpc) is 2.53. The molecule has 0 saturated heterocycles. The average molecular weight is 412 g/mol. The minimum absolute atomic E-state index is 1.13. The van der Waals surface area contributed by atoms with E-state index in [0.717, 1.165) is 4.47 Å². The Morgan fingerprint density at radius 1 is 0.708 bits per heavy atom. The molecule has 24 heavy (non-hydrogen) atoms. The van der Waals surface area contributed by atoms with Crippen LogP contribution >= 0.6 is 39.5 Å². The Morgan fingerprint density at radius 3 is 2.00 bits per heavy atom. The van der Waals surface area contributed by atoms with E-state index in [2.05, 4.69) is 83.2 Å². The van der Waals surface area contributed by atoms with Gasteiger partial charge in [-0.3, -0.25) is 0 Å². The molecule has 0 fully saturated rings. The number of fused-ring (bicyclic) bond motifs is 4. The number of nitrogens with zero attached hydrogens (tertiary/aromatic N) is 1. The predicted octanol–water partition coefficient (Wildman–Crippen LogP) is 7.46. The van der Waals surface area contributed by atoms with Crippen molar-refractivity contribution in [2.45, 2.75) is 33.4 Å². The minimum Gasteiger partial charge on any atom is -0.306 e. The van der Waals surface area contributed by atoms with Gasteiger partial charge in [0, 0.05) is 24.1 Å². The Bertz CT molecular complexity index is 936. The fourth-order valence-electron chi connectivity index (χ4n) is 3.34. The quantitative estimate of drug-likeness (QED) is 0.260. The highest BCUT2D eigenvalue weighted by atomic mass is 79.9. The van der Waals surface area contributed by atoms with Crippen LogP contribution in [0.15, 0.2) is 72.6 Å². The molecule has 0 aliphatic carbocycles. The predicted molar refractivity (Wildman–Crippen MR) is 107 cm³/mol. The van der Waals surface area contributed by atoms with Crippen molar-refractivity contribution >= 4 is 56.5 Å². The number of hydrogen-bond donors (Lipinski definition) is 0. The highest BCUT2D eigenvalue weighted by Gasteiger charge is 2.32. The van der Waals surface area contributed by atoms with Crippen LogP contribution in [-0.2, 0) is 0 Å². The molecule has 0 bridgehead atoms. The molecule has 0 N–H and O–H groups in total. The number of rotatable bonds is 0. The Morgan fingerprint density at radius 2 is 1.29 bits per heavy atom. The molecule has 3 aromatic rings. The molecule has 1 nitrogen and oxygen atoms in total. The molecule has 2 aliphatic heterocycles. The second-order valence-electron chi connectivity index (χ2n) is 6.23. The van der Waals surface area contributed by atoms with Gasteiger partial charge in [0.15, 0.2) is 0 Å². The molecule has 118 valence electrons. The Hall–Kier alpha value is -1.36. The molecule has 0 spiro atoms. The maximum Gasteiger partial charge on any atom is 0.0741 e. The molecule has 0 unspecified atom stereocenters. The van der Waals surface area contributed by atoms with E-state index in [0.29, 0.717) is 0 Å². The van der Waals surface area contributed by atoms with Gasteiger partial charge in [0.1, 0.15) is 0 Å².